The number of nitrogens with two attached hydrogens (primary N) is 1. The lowest BCUT2D eigenvalue weighted by Crippen LogP contribution is -2.00. The van der Waals surface area contributed by atoms with Crippen molar-refractivity contribution in [2.45, 2.75) is 13.3 Å². The van der Waals surface area contributed by atoms with E-state index in [4.69, 9.17) is 5.73 Å². The van der Waals surface area contributed by atoms with E-state index >= 15 is 0 Å². The first-order chi connectivity index (χ1) is 23.2. The summed E-state index contributed by atoms with van der Waals surface area (Å²) in [5.41, 5.74) is 10.4. The van der Waals surface area contributed by atoms with Crippen LogP contribution in [-0.2, 0) is 6.42 Å². The summed E-state index contributed by atoms with van der Waals surface area (Å²) in [6.07, 6.45) is 13.1. The van der Waals surface area contributed by atoms with Crippen LogP contribution in [0.1, 0.15) is 18.1 Å². The third-order valence-electron chi connectivity index (χ3n) is 10.6. The molecule has 0 amide bonds. The second kappa shape index (κ2) is 9.55. The number of allylic oxidation sites excluding steroid dienone is 6. The first kappa shape index (κ1) is 26.3. The average Bonchev–Trinajstić information content (AvgIpc) is 3.60. The number of hydrogen-bond donors (Lipinski definition) is 1. The lowest BCUT2D eigenvalue weighted by atomic mass is 9.88. The zero-order chi connectivity index (χ0) is 31.4. The molecule has 0 aliphatic carbocycles. The van der Waals surface area contributed by atoms with Crippen molar-refractivity contribution in [1.82, 2.24) is 0 Å². The first-order valence-electron chi connectivity index (χ1n) is 16.4. The summed E-state index contributed by atoms with van der Waals surface area (Å²) in [4.78, 5) is 0. The van der Waals surface area contributed by atoms with Gasteiger partial charge in [-0.2, -0.15) is 0 Å². The minimum absolute atomic E-state index is 0.785. The summed E-state index contributed by atoms with van der Waals surface area (Å²) in [5, 5.41) is 23.3. The Balaban J connectivity index is 1.49. The zero-order valence-electron chi connectivity index (χ0n) is 26.2. The van der Waals surface area contributed by atoms with Gasteiger partial charge in [0.05, 0.1) is 0 Å². The molecule has 0 bridgehead atoms. The van der Waals surface area contributed by atoms with E-state index in [9.17, 15) is 0 Å². The molecule has 10 aromatic carbocycles. The van der Waals surface area contributed by atoms with Crippen LogP contribution >= 0.6 is 0 Å². The summed E-state index contributed by atoms with van der Waals surface area (Å²) in [7, 11) is 0. The molecule has 0 heterocycles. The van der Waals surface area contributed by atoms with Gasteiger partial charge in [-0.05, 0) is 135 Å². The van der Waals surface area contributed by atoms with Crippen LogP contribution < -0.4 is 5.73 Å². The van der Waals surface area contributed by atoms with Crippen molar-refractivity contribution in [3.8, 4) is 0 Å². The van der Waals surface area contributed by atoms with Crippen molar-refractivity contribution < 1.29 is 0 Å². The number of fused-ring (bicyclic) bond motifs is 7. The largest absolute Gasteiger partial charge is 0.398 e. The van der Waals surface area contributed by atoms with Crippen molar-refractivity contribution in [2.75, 3.05) is 0 Å². The second-order valence-electron chi connectivity index (χ2n) is 12.9. The van der Waals surface area contributed by atoms with Gasteiger partial charge in [0.25, 0.3) is 0 Å². The predicted molar refractivity (Wildman–Crippen MR) is 208 cm³/mol. The molecule has 0 radical (unpaired) electrons. The van der Waals surface area contributed by atoms with Crippen LogP contribution in [0.3, 0.4) is 0 Å². The molecule has 0 unspecified atom stereocenters. The van der Waals surface area contributed by atoms with E-state index in [2.05, 4.69) is 128 Å². The third kappa shape index (κ3) is 3.38. The first-order valence-corrected chi connectivity index (χ1v) is 16.4. The van der Waals surface area contributed by atoms with E-state index in [1.807, 2.05) is 19.1 Å². The molecule has 0 saturated heterocycles. The molecule has 0 aliphatic heterocycles. The van der Waals surface area contributed by atoms with Gasteiger partial charge in [0, 0.05) is 16.6 Å². The van der Waals surface area contributed by atoms with Crippen molar-refractivity contribution in [3.63, 3.8) is 0 Å². The molecule has 0 aliphatic rings. The van der Waals surface area contributed by atoms with E-state index in [1.54, 1.807) is 0 Å². The van der Waals surface area contributed by atoms with Gasteiger partial charge in [0.2, 0.25) is 0 Å². The molecule has 10 aromatic rings. The molecule has 2 N–H and O–H groups in total. The van der Waals surface area contributed by atoms with Gasteiger partial charge in [-0.1, -0.05) is 116 Å². The maximum Gasteiger partial charge on any atom is 0.0400 e. The molecule has 1 heteroatoms. The number of benzene rings is 8. The molecule has 10 rings (SSSR count). The predicted octanol–water partition coefficient (Wildman–Crippen LogP) is 12.5. The SMILES string of the molecule is C=C/C=C\Cc1c2cc3c(cc2c(/C(N)=C/C=C\C)c2c4cccc5cccc(c12)c54)c1cc2cccc4ccc5ccc3c1c5c42. The summed E-state index contributed by atoms with van der Waals surface area (Å²) in [6, 6.07) is 36.6. The van der Waals surface area contributed by atoms with Crippen LogP contribution in [0.15, 0.2) is 140 Å². The molecule has 0 aromatic heterocycles. The Morgan fingerprint density at radius 2 is 1.21 bits per heavy atom. The van der Waals surface area contributed by atoms with Gasteiger partial charge >= 0.3 is 0 Å². The standard InChI is InChI=1S/C46H31N/c1-3-5-7-15-30-35-24-34-31-22-21-28-20-19-27-11-8-14-29-23-37(44(31)42(28)40(27)29)36(34)25-38(35)45(39(47)18-6-4-2)46-33-17-10-13-26-12-9-16-32(41(26)33)43(30)46/h3-14,16-25H,1,15,47H2,2H3/b6-4-,7-5-,39-18-. The molecular weight excluding hydrogens is 567 g/mol. The van der Waals surface area contributed by atoms with Crippen LogP contribution in [0.25, 0.3) is 103 Å². The average molecular weight is 598 g/mol. The molecule has 220 valence electrons. The molecule has 0 fully saturated rings. The lowest BCUT2D eigenvalue weighted by Gasteiger charge is -2.16. The second-order valence-corrected chi connectivity index (χ2v) is 12.9. The Hall–Kier alpha value is -5.92. The highest BCUT2D eigenvalue weighted by molar-refractivity contribution is 6.42. The smallest absolute Gasteiger partial charge is 0.0400 e. The fraction of sp³-hybridized carbons (Fsp3) is 0.0435. The molecule has 47 heavy (non-hydrogen) atoms. The highest BCUT2D eigenvalue weighted by Gasteiger charge is 2.24. The van der Waals surface area contributed by atoms with E-state index in [0.29, 0.717) is 0 Å². The van der Waals surface area contributed by atoms with Gasteiger partial charge in [0.15, 0.2) is 0 Å². The van der Waals surface area contributed by atoms with Crippen LogP contribution in [0.4, 0.5) is 0 Å². The molecule has 0 atom stereocenters. The fourth-order valence-corrected chi connectivity index (χ4v) is 8.74. The highest BCUT2D eigenvalue weighted by atomic mass is 14.6. The van der Waals surface area contributed by atoms with Crippen molar-refractivity contribution in [2.24, 2.45) is 5.73 Å². The Morgan fingerprint density at radius 1 is 0.553 bits per heavy atom. The van der Waals surface area contributed by atoms with E-state index in [0.717, 1.165) is 17.7 Å². The van der Waals surface area contributed by atoms with Crippen LogP contribution in [0.2, 0.25) is 0 Å². The number of hydrogen-bond acceptors (Lipinski definition) is 1. The molecule has 0 spiro atoms. The molecule has 0 saturated carbocycles. The Kier molecular flexibility index (Phi) is 5.34. The topological polar surface area (TPSA) is 26.0 Å². The van der Waals surface area contributed by atoms with Crippen LogP contribution in [0, 0.1) is 0 Å². The van der Waals surface area contributed by atoms with E-state index < -0.39 is 0 Å². The Morgan fingerprint density at radius 3 is 2.00 bits per heavy atom. The monoisotopic (exact) mass is 597 g/mol. The van der Waals surface area contributed by atoms with Crippen LogP contribution in [0.5, 0.6) is 0 Å². The maximum atomic E-state index is 7.15. The Labute approximate surface area is 272 Å². The van der Waals surface area contributed by atoms with Crippen molar-refractivity contribution in [3.05, 3.63) is 151 Å². The van der Waals surface area contributed by atoms with E-state index in [1.165, 1.54) is 103 Å². The quantitative estimate of drug-likeness (QED) is 0.155. The van der Waals surface area contributed by atoms with Gasteiger partial charge < -0.3 is 5.73 Å². The minimum Gasteiger partial charge on any atom is -0.398 e. The summed E-state index contributed by atoms with van der Waals surface area (Å²) in [6.45, 7) is 6.01. The van der Waals surface area contributed by atoms with Gasteiger partial charge in [-0.25, -0.2) is 0 Å². The zero-order valence-corrected chi connectivity index (χ0v) is 26.2. The van der Waals surface area contributed by atoms with E-state index in [-0.39, 0.29) is 0 Å². The summed E-state index contributed by atoms with van der Waals surface area (Å²) in [5.74, 6) is 0. The van der Waals surface area contributed by atoms with Gasteiger partial charge in [-0.15, -0.1) is 0 Å². The van der Waals surface area contributed by atoms with Gasteiger partial charge in [0.1, 0.15) is 0 Å². The summed E-state index contributed by atoms with van der Waals surface area (Å²) >= 11 is 0. The summed E-state index contributed by atoms with van der Waals surface area (Å²) < 4.78 is 0. The Bertz CT molecular complexity index is 3000. The number of rotatable bonds is 5. The lowest BCUT2D eigenvalue weighted by molar-refractivity contribution is 1.33. The van der Waals surface area contributed by atoms with Crippen molar-refractivity contribution in [1.29, 1.82) is 0 Å². The highest BCUT2D eigenvalue weighted by Crippen LogP contribution is 2.50. The molecular formula is C46H31N. The van der Waals surface area contributed by atoms with Crippen molar-refractivity contribution >= 4 is 103 Å². The fourth-order valence-electron chi connectivity index (χ4n) is 8.74. The maximum absolute atomic E-state index is 7.15. The molecule has 1 nitrogen and oxygen atoms in total. The normalized spacial score (nSPS) is 13.4. The van der Waals surface area contributed by atoms with Gasteiger partial charge in [-0.3, -0.25) is 0 Å². The third-order valence-corrected chi connectivity index (χ3v) is 10.6. The minimum atomic E-state index is 0.785. The van der Waals surface area contributed by atoms with Crippen LogP contribution in [-0.4, -0.2) is 0 Å².